The zero-order valence-corrected chi connectivity index (χ0v) is 16.2. The van der Waals surface area contributed by atoms with Gasteiger partial charge in [0, 0.05) is 31.2 Å². The first-order valence-electron chi connectivity index (χ1n) is 7.77. The van der Waals surface area contributed by atoms with E-state index in [9.17, 15) is 8.42 Å². The molecular formula is C16H21N5O2S2. The Hall–Kier alpha value is -1.81. The molecule has 3 aromatic heterocycles. The maximum absolute atomic E-state index is 12.7. The summed E-state index contributed by atoms with van der Waals surface area (Å²) < 4.78 is 29.7. The molecule has 0 aliphatic rings. The van der Waals surface area contributed by atoms with Gasteiger partial charge in [0.25, 0.3) is 0 Å². The standard InChI is InChI=1S/C16H21N5O2S2/c1-11-14-7-13(8-17-16(14)21(4)19-11)25(22,23)18-9-15(20(2)3)12-5-6-24-10-12/h5-8,10,15,18H,9H2,1-4H3/t15-/m0/s1. The van der Waals surface area contributed by atoms with Gasteiger partial charge in [0.15, 0.2) is 5.65 Å². The van der Waals surface area contributed by atoms with E-state index in [0.29, 0.717) is 5.65 Å². The van der Waals surface area contributed by atoms with Crippen LogP contribution in [0, 0.1) is 6.92 Å². The van der Waals surface area contributed by atoms with Crippen molar-refractivity contribution in [1.29, 1.82) is 0 Å². The molecule has 0 saturated heterocycles. The van der Waals surface area contributed by atoms with Crippen LogP contribution in [0.2, 0.25) is 0 Å². The van der Waals surface area contributed by atoms with Crippen molar-refractivity contribution in [3.63, 3.8) is 0 Å². The summed E-state index contributed by atoms with van der Waals surface area (Å²) in [7, 11) is 2.00. The molecule has 25 heavy (non-hydrogen) atoms. The first-order chi connectivity index (χ1) is 11.8. The van der Waals surface area contributed by atoms with Crippen molar-refractivity contribution < 1.29 is 8.42 Å². The molecule has 1 N–H and O–H groups in total. The summed E-state index contributed by atoms with van der Waals surface area (Å²) in [5.74, 6) is 0. The van der Waals surface area contributed by atoms with Crippen LogP contribution < -0.4 is 4.72 Å². The molecule has 3 aromatic rings. The summed E-state index contributed by atoms with van der Waals surface area (Å²) in [6.45, 7) is 2.13. The molecule has 134 valence electrons. The van der Waals surface area contributed by atoms with Gasteiger partial charge in [-0.1, -0.05) is 0 Å². The third-order valence-electron chi connectivity index (χ3n) is 4.17. The molecule has 0 unspecified atom stereocenters. The maximum Gasteiger partial charge on any atom is 0.242 e. The van der Waals surface area contributed by atoms with Crippen molar-refractivity contribution in [2.24, 2.45) is 7.05 Å². The van der Waals surface area contributed by atoms with Crippen molar-refractivity contribution in [2.75, 3.05) is 20.6 Å². The highest BCUT2D eigenvalue weighted by molar-refractivity contribution is 7.89. The largest absolute Gasteiger partial charge is 0.301 e. The minimum absolute atomic E-state index is 0.0298. The molecule has 3 heterocycles. The van der Waals surface area contributed by atoms with Gasteiger partial charge in [0.1, 0.15) is 4.90 Å². The Morgan fingerprint density at radius 1 is 1.40 bits per heavy atom. The van der Waals surface area contributed by atoms with E-state index >= 15 is 0 Å². The number of rotatable bonds is 6. The molecule has 0 bridgehead atoms. The number of aromatic nitrogens is 3. The van der Waals surface area contributed by atoms with Gasteiger partial charge in [-0.3, -0.25) is 4.68 Å². The highest BCUT2D eigenvalue weighted by Crippen LogP contribution is 2.22. The van der Waals surface area contributed by atoms with E-state index in [1.165, 1.54) is 6.20 Å². The van der Waals surface area contributed by atoms with Crippen LogP contribution in [0.5, 0.6) is 0 Å². The number of nitrogens with zero attached hydrogens (tertiary/aromatic N) is 4. The smallest absolute Gasteiger partial charge is 0.242 e. The van der Waals surface area contributed by atoms with Crippen LogP contribution in [-0.2, 0) is 17.1 Å². The molecule has 9 heteroatoms. The van der Waals surface area contributed by atoms with Crippen molar-refractivity contribution in [1.82, 2.24) is 24.4 Å². The molecule has 0 radical (unpaired) electrons. The van der Waals surface area contributed by atoms with E-state index in [4.69, 9.17) is 0 Å². The predicted molar refractivity (Wildman–Crippen MR) is 99.2 cm³/mol. The Kier molecular flexibility index (Phi) is 4.92. The molecule has 0 aliphatic carbocycles. The monoisotopic (exact) mass is 379 g/mol. The molecule has 3 rings (SSSR count). The minimum atomic E-state index is -3.65. The topological polar surface area (TPSA) is 80.1 Å². The fourth-order valence-electron chi connectivity index (χ4n) is 2.77. The van der Waals surface area contributed by atoms with Gasteiger partial charge in [0.2, 0.25) is 10.0 Å². The minimum Gasteiger partial charge on any atom is -0.301 e. The molecule has 1 atom stereocenters. The van der Waals surface area contributed by atoms with Crippen molar-refractivity contribution in [3.8, 4) is 0 Å². The summed E-state index contributed by atoms with van der Waals surface area (Å²) in [5.41, 5.74) is 2.52. The lowest BCUT2D eigenvalue weighted by Crippen LogP contribution is -2.34. The Morgan fingerprint density at radius 3 is 2.80 bits per heavy atom. The highest BCUT2D eigenvalue weighted by Gasteiger charge is 2.21. The number of likely N-dealkylation sites (N-methyl/N-ethyl adjacent to an activating group) is 1. The van der Waals surface area contributed by atoms with E-state index in [1.54, 1.807) is 29.1 Å². The van der Waals surface area contributed by atoms with E-state index < -0.39 is 10.0 Å². The zero-order chi connectivity index (χ0) is 18.2. The third kappa shape index (κ3) is 3.59. The van der Waals surface area contributed by atoms with Gasteiger partial charge >= 0.3 is 0 Å². The van der Waals surface area contributed by atoms with Gasteiger partial charge in [-0.05, 0) is 49.5 Å². The predicted octanol–water partition coefficient (Wildman–Crippen LogP) is 1.92. The summed E-state index contributed by atoms with van der Waals surface area (Å²) in [4.78, 5) is 6.40. The van der Waals surface area contributed by atoms with Crippen molar-refractivity contribution >= 4 is 32.4 Å². The molecule has 0 aliphatic heterocycles. The van der Waals surface area contributed by atoms with Crippen LogP contribution in [0.15, 0.2) is 34.0 Å². The fourth-order valence-corrected chi connectivity index (χ4v) is 4.49. The van der Waals surface area contributed by atoms with E-state index in [0.717, 1.165) is 16.6 Å². The first-order valence-corrected chi connectivity index (χ1v) is 10.2. The van der Waals surface area contributed by atoms with Gasteiger partial charge in [0.05, 0.1) is 5.69 Å². The first kappa shape index (κ1) is 18.0. The number of aryl methyl sites for hydroxylation is 2. The van der Waals surface area contributed by atoms with Crippen molar-refractivity contribution in [3.05, 3.63) is 40.3 Å². The zero-order valence-electron chi connectivity index (χ0n) is 14.6. The molecule has 0 amide bonds. The van der Waals surface area contributed by atoms with E-state index in [1.807, 2.05) is 42.7 Å². The van der Waals surface area contributed by atoms with Crippen LogP contribution in [0.3, 0.4) is 0 Å². The summed E-state index contributed by atoms with van der Waals surface area (Å²) >= 11 is 1.60. The summed E-state index contributed by atoms with van der Waals surface area (Å²) in [5, 5.41) is 9.04. The number of nitrogens with one attached hydrogen (secondary N) is 1. The van der Waals surface area contributed by atoms with Gasteiger partial charge in [-0.15, -0.1) is 0 Å². The fraction of sp³-hybridized carbons (Fsp3) is 0.375. The lowest BCUT2D eigenvalue weighted by molar-refractivity contribution is 0.300. The number of hydrogen-bond acceptors (Lipinski definition) is 6. The van der Waals surface area contributed by atoms with Gasteiger partial charge in [-0.25, -0.2) is 18.1 Å². The molecular weight excluding hydrogens is 358 g/mol. The van der Waals surface area contributed by atoms with Crippen molar-refractivity contribution in [2.45, 2.75) is 17.9 Å². The SMILES string of the molecule is Cc1nn(C)c2ncc(S(=O)(=O)NC[C@@H](c3ccsc3)N(C)C)cc12. The number of sulfonamides is 1. The quantitative estimate of drug-likeness (QED) is 0.708. The number of fused-ring (bicyclic) bond motifs is 1. The van der Waals surface area contributed by atoms with Gasteiger partial charge in [-0.2, -0.15) is 16.4 Å². The Labute approximate surface area is 151 Å². The second-order valence-electron chi connectivity index (χ2n) is 6.14. The van der Waals surface area contributed by atoms with E-state index in [2.05, 4.69) is 14.8 Å². The van der Waals surface area contributed by atoms with E-state index in [-0.39, 0.29) is 17.5 Å². The van der Waals surface area contributed by atoms with Crippen LogP contribution in [-0.4, -0.2) is 48.7 Å². The molecule has 7 nitrogen and oxygen atoms in total. The maximum atomic E-state index is 12.7. The molecule has 0 saturated carbocycles. The van der Waals surface area contributed by atoms with Crippen LogP contribution >= 0.6 is 11.3 Å². The Morgan fingerprint density at radius 2 is 2.16 bits per heavy atom. The Balaban J connectivity index is 1.85. The Bertz CT molecular complexity index is 978. The molecule has 0 spiro atoms. The molecule has 0 aromatic carbocycles. The summed E-state index contributed by atoms with van der Waals surface area (Å²) in [6.07, 6.45) is 1.38. The summed E-state index contributed by atoms with van der Waals surface area (Å²) in [6, 6.07) is 3.61. The second kappa shape index (κ2) is 6.83. The second-order valence-corrected chi connectivity index (χ2v) is 8.69. The average Bonchev–Trinajstić information content (AvgIpc) is 3.16. The highest BCUT2D eigenvalue weighted by atomic mass is 32.2. The average molecular weight is 380 g/mol. The lowest BCUT2D eigenvalue weighted by Gasteiger charge is -2.23. The lowest BCUT2D eigenvalue weighted by atomic mass is 10.1. The van der Waals surface area contributed by atoms with Crippen LogP contribution in [0.4, 0.5) is 0 Å². The number of thiophene rings is 1. The van der Waals surface area contributed by atoms with Gasteiger partial charge < -0.3 is 4.90 Å². The number of hydrogen-bond donors (Lipinski definition) is 1. The molecule has 0 fully saturated rings. The third-order valence-corrected chi connectivity index (χ3v) is 6.26. The van der Waals surface area contributed by atoms with Crippen LogP contribution in [0.25, 0.3) is 11.0 Å². The van der Waals surface area contributed by atoms with Crippen LogP contribution in [0.1, 0.15) is 17.3 Å². The number of pyridine rings is 1. The normalized spacial score (nSPS) is 13.6.